The minimum atomic E-state index is -0.583. The van der Waals surface area contributed by atoms with Crippen LogP contribution in [0.25, 0.3) is 0 Å². The van der Waals surface area contributed by atoms with E-state index in [9.17, 15) is 9.59 Å². The van der Waals surface area contributed by atoms with E-state index in [-0.39, 0.29) is 11.5 Å². The monoisotopic (exact) mass is 326 g/mol. The number of anilines is 1. The smallest absolute Gasteiger partial charge is 0.267 e. The van der Waals surface area contributed by atoms with Crippen LogP contribution in [-0.2, 0) is 4.79 Å². The molecule has 0 N–H and O–H groups in total. The van der Waals surface area contributed by atoms with Crippen LogP contribution in [0.15, 0.2) is 47.3 Å². The molecule has 1 amide bonds. The standard InChI is InChI=1S/C18H22N4O2/c1-14-8-9-17(23)22(19-14)15(2)18(24)21-12-10-20(11-13-21)16-6-4-3-5-7-16/h3-9,15H,10-13H2,1-2H3/t15-/m0/s1. The number of para-hydroxylation sites is 1. The summed E-state index contributed by atoms with van der Waals surface area (Å²) < 4.78 is 1.28. The van der Waals surface area contributed by atoms with Gasteiger partial charge in [-0.2, -0.15) is 5.10 Å². The number of aryl methyl sites for hydroxylation is 1. The number of carbonyl (C=O) groups excluding carboxylic acids is 1. The Bertz CT molecular complexity index is 764. The Hall–Kier alpha value is -2.63. The molecule has 0 radical (unpaired) electrons. The first kappa shape index (κ1) is 16.2. The molecule has 3 rings (SSSR count). The predicted molar refractivity (Wildman–Crippen MR) is 93.2 cm³/mol. The summed E-state index contributed by atoms with van der Waals surface area (Å²) in [6.45, 7) is 6.43. The topological polar surface area (TPSA) is 58.4 Å². The highest BCUT2D eigenvalue weighted by Gasteiger charge is 2.27. The summed E-state index contributed by atoms with van der Waals surface area (Å²) in [7, 11) is 0. The zero-order valence-electron chi connectivity index (χ0n) is 14.1. The van der Waals surface area contributed by atoms with E-state index in [0.717, 1.165) is 18.8 Å². The zero-order chi connectivity index (χ0) is 17.1. The Labute approximate surface area is 141 Å². The van der Waals surface area contributed by atoms with Gasteiger partial charge in [0.15, 0.2) is 0 Å². The third kappa shape index (κ3) is 3.32. The van der Waals surface area contributed by atoms with Gasteiger partial charge in [0, 0.05) is 37.9 Å². The molecule has 0 unspecified atom stereocenters. The van der Waals surface area contributed by atoms with Crippen LogP contribution in [0.1, 0.15) is 18.7 Å². The third-order valence-electron chi connectivity index (χ3n) is 4.40. The van der Waals surface area contributed by atoms with E-state index in [4.69, 9.17) is 0 Å². The summed E-state index contributed by atoms with van der Waals surface area (Å²) in [5, 5.41) is 4.20. The highest BCUT2D eigenvalue weighted by molar-refractivity contribution is 5.80. The second kappa shape index (κ2) is 6.86. The maximum atomic E-state index is 12.7. The normalized spacial score (nSPS) is 16.1. The summed E-state index contributed by atoms with van der Waals surface area (Å²) in [6, 6.07) is 12.7. The fourth-order valence-corrected chi connectivity index (χ4v) is 2.99. The average Bonchev–Trinajstić information content (AvgIpc) is 2.63. The predicted octanol–water partition coefficient (Wildman–Crippen LogP) is 1.46. The molecule has 0 spiro atoms. The maximum absolute atomic E-state index is 12.7. The average molecular weight is 326 g/mol. The molecule has 0 saturated carbocycles. The van der Waals surface area contributed by atoms with Gasteiger partial charge in [-0.15, -0.1) is 0 Å². The molecule has 126 valence electrons. The first-order chi connectivity index (χ1) is 11.6. The van der Waals surface area contributed by atoms with Gasteiger partial charge in [0.25, 0.3) is 5.56 Å². The van der Waals surface area contributed by atoms with Gasteiger partial charge in [-0.1, -0.05) is 18.2 Å². The second-order valence-corrected chi connectivity index (χ2v) is 6.08. The van der Waals surface area contributed by atoms with Crippen molar-refractivity contribution < 1.29 is 4.79 Å². The molecular weight excluding hydrogens is 304 g/mol. The number of amides is 1. The fourth-order valence-electron chi connectivity index (χ4n) is 2.99. The number of hydrogen-bond acceptors (Lipinski definition) is 4. The number of rotatable bonds is 3. The van der Waals surface area contributed by atoms with E-state index in [2.05, 4.69) is 22.1 Å². The van der Waals surface area contributed by atoms with Gasteiger partial charge in [0.05, 0.1) is 5.69 Å². The molecule has 1 aromatic heterocycles. The highest BCUT2D eigenvalue weighted by Crippen LogP contribution is 2.17. The minimum Gasteiger partial charge on any atom is -0.368 e. The van der Waals surface area contributed by atoms with Crippen molar-refractivity contribution in [3.63, 3.8) is 0 Å². The first-order valence-corrected chi connectivity index (χ1v) is 8.21. The summed E-state index contributed by atoms with van der Waals surface area (Å²) in [6.07, 6.45) is 0. The Kier molecular flexibility index (Phi) is 4.64. The molecule has 0 aliphatic carbocycles. The summed E-state index contributed by atoms with van der Waals surface area (Å²) >= 11 is 0. The van der Waals surface area contributed by atoms with Crippen molar-refractivity contribution in [1.82, 2.24) is 14.7 Å². The van der Waals surface area contributed by atoms with Crippen molar-refractivity contribution >= 4 is 11.6 Å². The van der Waals surface area contributed by atoms with E-state index >= 15 is 0 Å². The lowest BCUT2D eigenvalue weighted by atomic mass is 10.2. The van der Waals surface area contributed by atoms with Crippen LogP contribution in [-0.4, -0.2) is 46.8 Å². The summed E-state index contributed by atoms with van der Waals surface area (Å²) in [5.74, 6) is -0.0529. The number of hydrogen-bond donors (Lipinski definition) is 0. The lowest BCUT2D eigenvalue weighted by Crippen LogP contribution is -2.51. The molecule has 6 heteroatoms. The van der Waals surface area contributed by atoms with E-state index in [1.165, 1.54) is 16.4 Å². The Balaban J connectivity index is 1.67. The van der Waals surface area contributed by atoms with Gasteiger partial charge >= 0.3 is 0 Å². The molecule has 1 atom stereocenters. The Morgan fingerprint density at radius 3 is 2.38 bits per heavy atom. The van der Waals surface area contributed by atoms with Crippen LogP contribution < -0.4 is 10.5 Å². The van der Waals surface area contributed by atoms with Crippen LogP contribution >= 0.6 is 0 Å². The molecule has 0 bridgehead atoms. The lowest BCUT2D eigenvalue weighted by molar-refractivity contribution is -0.135. The molecule has 1 aliphatic heterocycles. The maximum Gasteiger partial charge on any atom is 0.267 e. The number of nitrogens with zero attached hydrogens (tertiary/aromatic N) is 4. The fraction of sp³-hybridized carbons (Fsp3) is 0.389. The largest absolute Gasteiger partial charge is 0.368 e. The van der Waals surface area contributed by atoms with E-state index in [0.29, 0.717) is 13.1 Å². The molecule has 1 saturated heterocycles. The third-order valence-corrected chi connectivity index (χ3v) is 4.40. The summed E-state index contributed by atoms with van der Waals surface area (Å²) in [4.78, 5) is 28.8. The number of aromatic nitrogens is 2. The number of piperazine rings is 1. The van der Waals surface area contributed by atoms with Crippen LogP contribution in [0.3, 0.4) is 0 Å². The Morgan fingerprint density at radius 1 is 1.04 bits per heavy atom. The summed E-state index contributed by atoms with van der Waals surface area (Å²) in [5.41, 5.74) is 1.65. The highest BCUT2D eigenvalue weighted by atomic mass is 16.2. The van der Waals surface area contributed by atoms with Gasteiger partial charge in [0.1, 0.15) is 6.04 Å². The molecule has 2 aromatic rings. The quantitative estimate of drug-likeness (QED) is 0.857. The molecular formula is C18H22N4O2. The van der Waals surface area contributed by atoms with Crippen molar-refractivity contribution in [3.05, 3.63) is 58.5 Å². The minimum absolute atomic E-state index is 0.0529. The van der Waals surface area contributed by atoms with Crippen molar-refractivity contribution in [2.45, 2.75) is 19.9 Å². The Morgan fingerprint density at radius 2 is 1.71 bits per heavy atom. The van der Waals surface area contributed by atoms with Gasteiger partial charge in [0.2, 0.25) is 5.91 Å². The van der Waals surface area contributed by atoms with Crippen molar-refractivity contribution in [1.29, 1.82) is 0 Å². The van der Waals surface area contributed by atoms with Crippen LogP contribution in [0, 0.1) is 6.92 Å². The van der Waals surface area contributed by atoms with Crippen molar-refractivity contribution in [2.24, 2.45) is 0 Å². The molecule has 24 heavy (non-hydrogen) atoms. The SMILES string of the molecule is Cc1ccc(=O)n([C@@H](C)C(=O)N2CCN(c3ccccc3)CC2)n1. The zero-order valence-corrected chi connectivity index (χ0v) is 14.1. The van der Waals surface area contributed by atoms with E-state index in [1.54, 1.807) is 13.0 Å². The lowest BCUT2D eigenvalue weighted by Gasteiger charge is -2.37. The van der Waals surface area contributed by atoms with E-state index in [1.807, 2.05) is 30.0 Å². The van der Waals surface area contributed by atoms with Crippen LogP contribution in [0.4, 0.5) is 5.69 Å². The molecule has 1 fully saturated rings. The number of carbonyl (C=O) groups is 1. The molecule has 1 aliphatic rings. The van der Waals surface area contributed by atoms with Crippen molar-refractivity contribution in [3.8, 4) is 0 Å². The van der Waals surface area contributed by atoms with Gasteiger partial charge in [-0.05, 0) is 32.0 Å². The first-order valence-electron chi connectivity index (χ1n) is 8.21. The van der Waals surface area contributed by atoms with Crippen LogP contribution in [0.5, 0.6) is 0 Å². The van der Waals surface area contributed by atoms with Gasteiger partial charge in [-0.3, -0.25) is 9.59 Å². The second-order valence-electron chi connectivity index (χ2n) is 6.08. The molecule has 1 aromatic carbocycles. The molecule has 6 nitrogen and oxygen atoms in total. The van der Waals surface area contributed by atoms with E-state index < -0.39 is 6.04 Å². The number of benzene rings is 1. The van der Waals surface area contributed by atoms with Gasteiger partial charge in [-0.25, -0.2) is 4.68 Å². The molecule has 2 heterocycles. The van der Waals surface area contributed by atoms with Gasteiger partial charge < -0.3 is 9.80 Å². The van der Waals surface area contributed by atoms with Crippen molar-refractivity contribution in [2.75, 3.05) is 31.1 Å². The van der Waals surface area contributed by atoms with Crippen LogP contribution in [0.2, 0.25) is 0 Å².